The van der Waals surface area contributed by atoms with Crippen molar-refractivity contribution in [1.29, 1.82) is 5.26 Å². The Morgan fingerprint density at radius 1 is 1.28 bits per heavy atom. The average molecular weight is 429 g/mol. The smallest absolute Gasteiger partial charge is 0.224 e. The van der Waals surface area contributed by atoms with E-state index in [1.165, 1.54) is 24.0 Å². The molecule has 0 unspecified atom stereocenters. The molecule has 3 heterocycles. The predicted molar refractivity (Wildman–Crippen MR) is 124 cm³/mol. The van der Waals surface area contributed by atoms with E-state index in [0.29, 0.717) is 18.1 Å². The van der Waals surface area contributed by atoms with Crippen molar-refractivity contribution in [3.63, 3.8) is 0 Å². The number of hydrogen-bond acceptors (Lipinski definition) is 5. The SMILES string of the molecule is CC(=O)N1c2ccc(C3=CCOCC3)cc2[C@H](Nc2ccc(C#N)cn2)[C@@H](C)[C@@H]1C1CC1. The van der Waals surface area contributed by atoms with Crippen molar-refractivity contribution < 1.29 is 9.53 Å². The Labute approximate surface area is 188 Å². The van der Waals surface area contributed by atoms with Crippen LogP contribution in [0, 0.1) is 23.2 Å². The minimum absolute atomic E-state index is 0.0204. The summed E-state index contributed by atoms with van der Waals surface area (Å²) in [5.41, 5.74) is 5.14. The molecule has 164 valence electrons. The number of carbonyl (C=O) groups excluding carboxylic acids is 1. The lowest BCUT2D eigenvalue weighted by molar-refractivity contribution is -0.117. The third-order valence-corrected chi connectivity index (χ3v) is 6.96. The van der Waals surface area contributed by atoms with Gasteiger partial charge in [-0.15, -0.1) is 0 Å². The summed E-state index contributed by atoms with van der Waals surface area (Å²) >= 11 is 0. The molecule has 0 radical (unpaired) electrons. The lowest BCUT2D eigenvalue weighted by Gasteiger charge is -2.46. The number of nitrogens with one attached hydrogen (secondary N) is 1. The number of aromatic nitrogens is 1. The molecule has 0 saturated heterocycles. The van der Waals surface area contributed by atoms with Crippen molar-refractivity contribution in [3.05, 3.63) is 59.3 Å². The molecular formula is C26H28N4O2. The van der Waals surface area contributed by atoms with E-state index in [-0.39, 0.29) is 23.9 Å². The van der Waals surface area contributed by atoms with Crippen LogP contribution in [0.1, 0.15) is 55.8 Å². The molecule has 32 heavy (non-hydrogen) atoms. The predicted octanol–water partition coefficient (Wildman–Crippen LogP) is 4.69. The van der Waals surface area contributed by atoms with Crippen LogP contribution >= 0.6 is 0 Å². The first-order valence-electron chi connectivity index (χ1n) is 11.4. The zero-order valence-electron chi connectivity index (χ0n) is 18.5. The lowest BCUT2D eigenvalue weighted by atomic mass is 9.79. The van der Waals surface area contributed by atoms with Gasteiger partial charge in [0.05, 0.1) is 24.8 Å². The van der Waals surface area contributed by atoms with Crippen LogP contribution in [0.3, 0.4) is 0 Å². The number of nitrogens with zero attached hydrogens (tertiary/aromatic N) is 3. The van der Waals surface area contributed by atoms with Crippen molar-refractivity contribution in [2.24, 2.45) is 11.8 Å². The van der Waals surface area contributed by atoms with Gasteiger partial charge in [0.1, 0.15) is 11.9 Å². The summed E-state index contributed by atoms with van der Waals surface area (Å²) in [6.07, 6.45) is 6.98. The Morgan fingerprint density at radius 2 is 2.12 bits per heavy atom. The average Bonchev–Trinajstić information content (AvgIpc) is 3.66. The topological polar surface area (TPSA) is 78.2 Å². The number of amides is 1. The molecule has 6 nitrogen and oxygen atoms in total. The Balaban J connectivity index is 1.59. The Kier molecular flexibility index (Phi) is 5.44. The first-order chi connectivity index (χ1) is 15.6. The first kappa shape index (κ1) is 20.7. The van der Waals surface area contributed by atoms with Crippen LogP contribution in [0.15, 0.2) is 42.6 Å². The van der Waals surface area contributed by atoms with Gasteiger partial charge in [-0.2, -0.15) is 5.26 Å². The number of pyridine rings is 1. The number of fused-ring (bicyclic) bond motifs is 1. The van der Waals surface area contributed by atoms with Crippen molar-refractivity contribution in [1.82, 2.24) is 4.98 Å². The van der Waals surface area contributed by atoms with Crippen molar-refractivity contribution in [2.45, 2.75) is 45.2 Å². The number of anilines is 2. The summed E-state index contributed by atoms with van der Waals surface area (Å²) in [4.78, 5) is 19.3. The molecule has 1 amide bonds. The molecule has 1 saturated carbocycles. The van der Waals surface area contributed by atoms with Gasteiger partial charge >= 0.3 is 0 Å². The van der Waals surface area contributed by atoms with E-state index >= 15 is 0 Å². The molecule has 0 spiro atoms. The highest BCUT2D eigenvalue weighted by atomic mass is 16.5. The molecule has 1 fully saturated rings. The van der Waals surface area contributed by atoms with Crippen LogP contribution in [0.25, 0.3) is 5.57 Å². The van der Waals surface area contributed by atoms with Crippen molar-refractivity contribution >= 4 is 23.0 Å². The number of nitriles is 1. The molecule has 2 aliphatic heterocycles. The molecule has 6 heteroatoms. The van der Waals surface area contributed by atoms with Gasteiger partial charge in [-0.1, -0.05) is 19.1 Å². The largest absolute Gasteiger partial charge is 0.377 e. The van der Waals surface area contributed by atoms with Crippen LogP contribution in [0.4, 0.5) is 11.5 Å². The third-order valence-electron chi connectivity index (χ3n) is 6.96. The molecule has 3 aliphatic rings. The second-order valence-electron chi connectivity index (χ2n) is 9.07. The van der Waals surface area contributed by atoms with E-state index in [1.807, 2.05) is 11.0 Å². The van der Waals surface area contributed by atoms with E-state index < -0.39 is 0 Å². The summed E-state index contributed by atoms with van der Waals surface area (Å²) in [7, 11) is 0. The first-order valence-corrected chi connectivity index (χ1v) is 11.4. The van der Waals surface area contributed by atoms with E-state index in [0.717, 1.165) is 30.1 Å². The van der Waals surface area contributed by atoms with Gasteiger partial charge in [-0.25, -0.2) is 4.98 Å². The Hall–Kier alpha value is -3.17. The minimum Gasteiger partial charge on any atom is -0.377 e. The van der Waals surface area contributed by atoms with E-state index in [4.69, 9.17) is 10.00 Å². The van der Waals surface area contributed by atoms with Gasteiger partial charge in [-0.05, 0) is 66.1 Å². The monoisotopic (exact) mass is 428 g/mol. The molecule has 5 rings (SSSR count). The maximum Gasteiger partial charge on any atom is 0.224 e. The maximum absolute atomic E-state index is 12.8. The molecule has 1 aliphatic carbocycles. The van der Waals surface area contributed by atoms with Crippen LogP contribution in [-0.4, -0.2) is 30.1 Å². The van der Waals surface area contributed by atoms with Gasteiger partial charge in [0.15, 0.2) is 0 Å². The van der Waals surface area contributed by atoms with Crippen LogP contribution in [0.2, 0.25) is 0 Å². The quantitative estimate of drug-likeness (QED) is 0.764. The molecule has 1 aromatic heterocycles. The third kappa shape index (κ3) is 3.78. The Morgan fingerprint density at radius 3 is 2.75 bits per heavy atom. The second-order valence-corrected chi connectivity index (χ2v) is 9.07. The highest BCUT2D eigenvalue weighted by Gasteiger charge is 2.47. The second kappa shape index (κ2) is 8.40. The van der Waals surface area contributed by atoms with E-state index in [9.17, 15) is 4.79 Å². The van der Waals surface area contributed by atoms with Crippen molar-refractivity contribution in [2.75, 3.05) is 23.4 Å². The van der Waals surface area contributed by atoms with E-state index in [1.54, 1.807) is 19.2 Å². The molecule has 3 atom stereocenters. The van der Waals surface area contributed by atoms with Gasteiger partial charge < -0.3 is 15.0 Å². The standard InChI is InChI=1S/C26H28N4O2/c1-16-25(29-24-8-3-18(14-27)15-28-24)22-13-21(19-9-11-32-12-10-19)6-7-23(22)30(17(2)31)26(16)20-4-5-20/h3,6-9,13,15-16,20,25-26H,4-5,10-12H2,1-2H3,(H,28,29)/t16-,25-,26-/m1/s1. The number of carbonyl (C=O) groups is 1. The molecule has 1 aromatic carbocycles. The van der Waals surface area contributed by atoms with Gasteiger partial charge in [0.2, 0.25) is 5.91 Å². The maximum atomic E-state index is 12.8. The number of ether oxygens (including phenoxy) is 1. The van der Waals surface area contributed by atoms with Crippen LogP contribution < -0.4 is 10.2 Å². The van der Waals surface area contributed by atoms with Crippen LogP contribution in [0.5, 0.6) is 0 Å². The lowest BCUT2D eigenvalue weighted by Crippen LogP contribution is -2.51. The fourth-order valence-electron chi connectivity index (χ4n) is 5.26. The molecule has 0 bridgehead atoms. The van der Waals surface area contributed by atoms with Gasteiger partial charge in [-0.3, -0.25) is 4.79 Å². The number of rotatable bonds is 4. The fraction of sp³-hybridized carbons (Fsp3) is 0.423. The van der Waals surface area contributed by atoms with Crippen molar-refractivity contribution in [3.8, 4) is 6.07 Å². The van der Waals surface area contributed by atoms with Crippen LogP contribution in [-0.2, 0) is 9.53 Å². The molecule has 2 aromatic rings. The highest BCUT2D eigenvalue weighted by Crippen LogP contribution is 2.50. The van der Waals surface area contributed by atoms with Gasteiger partial charge in [0, 0.05) is 30.8 Å². The molecule has 1 N–H and O–H groups in total. The zero-order chi connectivity index (χ0) is 22.2. The molecular weight excluding hydrogens is 400 g/mol. The fourth-order valence-corrected chi connectivity index (χ4v) is 5.26. The highest BCUT2D eigenvalue weighted by molar-refractivity contribution is 5.94. The minimum atomic E-state index is 0.0204. The van der Waals surface area contributed by atoms with E-state index in [2.05, 4.69) is 47.6 Å². The summed E-state index contributed by atoms with van der Waals surface area (Å²) in [6.45, 7) is 5.29. The number of benzene rings is 1. The van der Waals surface area contributed by atoms with Gasteiger partial charge in [0.25, 0.3) is 0 Å². The summed E-state index contributed by atoms with van der Waals surface area (Å²) in [6, 6.07) is 12.5. The Bertz CT molecular complexity index is 1100. The number of hydrogen-bond donors (Lipinski definition) is 1. The summed E-state index contributed by atoms with van der Waals surface area (Å²) in [5.74, 6) is 1.60. The zero-order valence-corrected chi connectivity index (χ0v) is 18.5. The summed E-state index contributed by atoms with van der Waals surface area (Å²) in [5, 5.41) is 12.7. The summed E-state index contributed by atoms with van der Waals surface area (Å²) < 4.78 is 5.49. The normalized spacial score (nSPS) is 24.8.